The van der Waals surface area contributed by atoms with Gasteiger partial charge >= 0.3 is 5.97 Å². The minimum absolute atomic E-state index is 0.287. The van der Waals surface area contributed by atoms with E-state index in [9.17, 15) is 4.79 Å². The molecule has 0 aliphatic heterocycles. The van der Waals surface area contributed by atoms with Crippen molar-refractivity contribution in [3.05, 3.63) is 30.5 Å². The highest BCUT2D eigenvalue weighted by molar-refractivity contribution is 5.83. The van der Waals surface area contributed by atoms with Gasteiger partial charge < -0.3 is 15.0 Å². The molecule has 0 saturated heterocycles. The average Bonchev–Trinajstić information content (AvgIpc) is 2.59. The third kappa shape index (κ3) is 1.86. The van der Waals surface area contributed by atoms with Gasteiger partial charge in [-0.3, -0.25) is 4.79 Å². The summed E-state index contributed by atoms with van der Waals surface area (Å²) in [4.78, 5) is 10.9. The first-order chi connectivity index (χ1) is 7.58. The van der Waals surface area contributed by atoms with E-state index in [0.29, 0.717) is 0 Å². The summed E-state index contributed by atoms with van der Waals surface area (Å²) < 4.78 is 7.02. The third-order valence-corrected chi connectivity index (χ3v) is 2.47. The second kappa shape index (κ2) is 3.89. The predicted molar refractivity (Wildman–Crippen MR) is 62.8 cm³/mol. The van der Waals surface area contributed by atoms with Gasteiger partial charge in [-0.25, -0.2) is 0 Å². The summed E-state index contributed by atoms with van der Waals surface area (Å²) in [6, 6.07) is 7.60. The van der Waals surface area contributed by atoms with Crippen LogP contribution in [0.5, 0.6) is 0 Å². The maximum Gasteiger partial charge on any atom is 0.304 e. The van der Waals surface area contributed by atoms with Crippen LogP contribution in [0.2, 0.25) is 0 Å². The van der Waals surface area contributed by atoms with Crippen molar-refractivity contribution in [2.75, 3.05) is 5.73 Å². The number of nitrogens with zero attached hydrogens (tertiary/aromatic N) is 1. The Morgan fingerprint density at radius 2 is 2.19 bits per heavy atom. The van der Waals surface area contributed by atoms with Crippen LogP contribution in [0.3, 0.4) is 0 Å². The van der Waals surface area contributed by atoms with Gasteiger partial charge in [0.25, 0.3) is 0 Å². The van der Waals surface area contributed by atoms with Crippen LogP contribution in [0, 0.1) is 0 Å². The highest BCUT2D eigenvalue weighted by atomic mass is 16.6. The van der Waals surface area contributed by atoms with Crippen molar-refractivity contribution in [2.24, 2.45) is 0 Å². The van der Waals surface area contributed by atoms with E-state index in [1.165, 1.54) is 6.92 Å². The number of ether oxygens (including phenoxy) is 1. The molecule has 2 rings (SSSR count). The highest BCUT2D eigenvalue weighted by Gasteiger charge is 2.10. The lowest BCUT2D eigenvalue weighted by atomic mass is 10.2. The second-order valence-corrected chi connectivity index (χ2v) is 3.75. The van der Waals surface area contributed by atoms with Gasteiger partial charge in [0.2, 0.25) is 0 Å². The molecule has 1 aromatic carbocycles. The standard InChI is InChI=1S/C12H14N2O2/c1-8(16-9(2)15)14-6-5-10-7-11(13)3-4-12(10)14/h3-8H,13H2,1-2H3. The zero-order chi connectivity index (χ0) is 11.7. The number of nitrogens with two attached hydrogens (primary N) is 1. The number of anilines is 1. The Kier molecular flexibility index (Phi) is 2.56. The minimum atomic E-state index is -0.307. The Labute approximate surface area is 93.6 Å². The highest BCUT2D eigenvalue weighted by Crippen LogP contribution is 2.22. The lowest BCUT2D eigenvalue weighted by Crippen LogP contribution is -2.11. The molecule has 0 saturated carbocycles. The Hall–Kier alpha value is -1.97. The van der Waals surface area contributed by atoms with Crippen molar-refractivity contribution < 1.29 is 9.53 Å². The van der Waals surface area contributed by atoms with Crippen molar-refractivity contribution in [3.8, 4) is 0 Å². The number of fused-ring (bicyclic) bond motifs is 1. The summed E-state index contributed by atoms with van der Waals surface area (Å²) >= 11 is 0. The number of aromatic nitrogens is 1. The van der Waals surface area contributed by atoms with E-state index < -0.39 is 0 Å². The van der Waals surface area contributed by atoms with Gasteiger partial charge in [0.1, 0.15) is 0 Å². The van der Waals surface area contributed by atoms with Gasteiger partial charge in [0.15, 0.2) is 6.23 Å². The molecule has 1 aromatic heterocycles. The fraction of sp³-hybridized carbons (Fsp3) is 0.250. The summed E-state index contributed by atoms with van der Waals surface area (Å²) in [6.07, 6.45) is 1.58. The molecule has 0 spiro atoms. The number of esters is 1. The monoisotopic (exact) mass is 218 g/mol. The molecule has 1 atom stereocenters. The molecule has 0 bridgehead atoms. The van der Waals surface area contributed by atoms with Crippen LogP contribution in [-0.2, 0) is 9.53 Å². The number of nitrogen functional groups attached to an aromatic ring is 1. The molecule has 0 amide bonds. The van der Waals surface area contributed by atoms with Gasteiger partial charge in [0, 0.05) is 24.2 Å². The zero-order valence-electron chi connectivity index (χ0n) is 9.31. The first-order valence-corrected chi connectivity index (χ1v) is 5.11. The molecule has 0 aliphatic rings. The lowest BCUT2D eigenvalue weighted by Gasteiger charge is -2.14. The van der Waals surface area contributed by atoms with Gasteiger partial charge in [0.05, 0.1) is 5.52 Å². The molecule has 1 unspecified atom stereocenters. The van der Waals surface area contributed by atoms with Crippen LogP contribution in [0.25, 0.3) is 10.9 Å². The van der Waals surface area contributed by atoms with E-state index in [4.69, 9.17) is 10.5 Å². The zero-order valence-corrected chi connectivity index (χ0v) is 9.31. The van der Waals surface area contributed by atoms with Gasteiger partial charge in [-0.2, -0.15) is 0 Å². The molecular formula is C12H14N2O2. The van der Waals surface area contributed by atoms with E-state index >= 15 is 0 Å². The first-order valence-electron chi connectivity index (χ1n) is 5.11. The maximum absolute atomic E-state index is 10.9. The van der Waals surface area contributed by atoms with Crippen LogP contribution in [-0.4, -0.2) is 10.5 Å². The van der Waals surface area contributed by atoms with Gasteiger partial charge in [-0.15, -0.1) is 0 Å². The summed E-state index contributed by atoms with van der Waals surface area (Å²) in [6.45, 7) is 3.23. The van der Waals surface area contributed by atoms with Crippen molar-refractivity contribution in [1.29, 1.82) is 0 Å². The Balaban J connectivity index is 2.41. The minimum Gasteiger partial charge on any atom is -0.442 e. The normalized spacial score (nSPS) is 12.6. The fourth-order valence-corrected chi connectivity index (χ4v) is 1.80. The van der Waals surface area contributed by atoms with E-state index in [1.807, 2.05) is 42.0 Å². The van der Waals surface area contributed by atoms with Crippen molar-refractivity contribution >= 4 is 22.6 Å². The molecule has 2 N–H and O–H groups in total. The fourth-order valence-electron chi connectivity index (χ4n) is 1.80. The van der Waals surface area contributed by atoms with Crippen LogP contribution in [0.1, 0.15) is 20.1 Å². The number of hydrogen-bond acceptors (Lipinski definition) is 3. The van der Waals surface area contributed by atoms with Crippen LogP contribution >= 0.6 is 0 Å². The summed E-state index contributed by atoms with van der Waals surface area (Å²) in [5.41, 5.74) is 7.43. The number of carbonyl (C=O) groups excluding carboxylic acids is 1. The number of carbonyl (C=O) groups is 1. The Morgan fingerprint density at radius 1 is 1.44 bits per heavy atom. The summed E-state index contributed by atoms with van der Waals surface area (Å²) in [5.74, 6) is -0.287. The molecule has 84 valence electrons. The Bertz CT molecular complexity index is 531. The first kappa shape index (κ1) is 10.5. The average molecular weight is 218 g/mol. The molecule has 0 fully saturated rings. The molecule has 16 heavy (non-hydrogen) atoms. The predicted octanol–water partition coefficient (Wildman–Crippen LogP) is 2.31. The van der Waals surface area contributed by atoms with Crippen LogP contribution in [0.15, 0.2) is 30.5 Å². The number of hydrogen-bond donors (Lipinski definition) is 1. The molecule has 4 nitrogen and oxygen atoms in total. The maximum atomic E-state index is 10.9. The summed E-state index contributed by atoms with van der Waals surface area (Å²) in [5, 5.41) is 1.04. The second-order valence-electron chi connectivity index (χ2n) is 3.75. The molecule has 0 radical (unpaired) electrons. The number of rotatable bonds is 2. The Morgan fingerprint density at radius 3 is 2.88 bits per heavy atom. The van der Waals surface area contributed by atoms with E-state index in [-0.39, 0.29) is 12.2 Å². The van der Waals surface area contributed by atoms with Gasteiger partial charge in [-0.1, -0.05) is 0 Å². The van der Waals surface area contributed by atoms with Crippen molar-refractivity contribution in [3.63, 3.8) is 0 Å². The van der Waals surface area contributed by atoms with E-state index in [2.05, 4.69) is 0 Å². The third-order valence-electron chi connectivity index (χ3n) is 2.47. The molecule has 2 aromatic rings. The van der Waals surface area contributed by atoms with Crippen LogP contribution < -0.4 is 5.73 Å². The molecule has 0 aliphatic carbocycles. The van der Waals surface area contributed by atoms with Crippen LogP contribution in [0.4, 0.5) is 5.69 Å². The summed E-state index contributed by atoms with van der Waals surface area (Å²) in [7, 11) is 0. The number of benzene rings is 1. The quantitative estimate of drug-likeness (QED) is 0.621. The SMILES string of the molecule is CC(=O)OC(C)n1ccc2cc(N)ccc21. The topological polar surface area (TPSA) is 57.2 Å². The molecular weight excluding hydrogens is 204 g/mol. The smallest absolute Gasteiger partial charge is 0.304 e. The lowest BCUT2D eigenvalue weighted by molar-refractivity contribution is -0.149. The molecule has 4 heteroatoms. The van der Waals surface area contributed by atoms with Crippen molar-refractivity contribution in [2.45, 2.75) is 20.1 Å². The van der Waals surface area contributed by atoms with Gasteiger partial charge in [-0.05, 0) is 31.2 Å². The van der Waals surface area contributed by atoms with E-state index in [1.54, 1.807) is 0 Å². The largest absolute Gasteiger partial charge is 0.442 e. The van der Waals surface area contributed by atoms with Crippen molar-refractivity contribution in [1.82, 2.24) is 4.57 Å². The molecule has 1 heterocycles. The van der Waals surface area contributed by atoms with E-state index in [0.717, 1.165) is 16.6 Å².